The molecule has 0 unspecified atom stereocenters. The summed E-state index contributed by atoms with van der Waals surface area (Å²) in [6, 6.07) is 5.29. The quantitative estimate of drug-likeness (QED) is 0.613. The second-order valence-corrected chi connectivity index (χ2v) is 5.04. The highest BCUT2D eigenvalue weighted by molar-refractivity contribution is 7.89. The predicted molar refractivity (Wildman–Crippen MR) is 61.8 cm³/mol. The number of hydrogen-bond acceptors (Lipinski definition) is 5. The van der Waals surface area contributed by atoms with Gasteiger partial charge in [-0.1, -0.05) is 0 Å². The van der Waals surface area contributed by atoms with E-state index in [1.54, 1.807) is 0 Å². The van der Waals surface area contributed by atoms with Gasteiger partial charge in [0.05, 0.1) is 11.5 Å². The summed E-state index contributed by atoms with van der Waals surface area (Å²) >= 11 is 0. The molecule has 3 N–H and O–H groups in total. The summed E-state index contributed by atoms with van der Waals surface area (Å²) in [5.74, 6) is -0.852. The van der Waals surface area contributed by atoms with Crippen LogP contribution in [0.15, 0.2) is 29.2 Å². The molecule has 0 radical (unpaired) electrons. The molecular weight excluding hydrogens is 262 g/mol. The lowest BCUT2D eigenvalue weighted by molar-refractivity contribution is -0.139. The van der Waals surface area contributed by atoms with Crippen LogP contribution >= 0.6 is 0 Å². The fraction of sp³-hybridized carbons (Fsp3) is 0.300. The summed E-state index contributed by atoms with van der Waals surface area (Å²) in [5, 5.41) is 16.9. The number of aliphatic hydroxyl groups is 1. The average molecular weight is 275 g/mol. The van der Waals surface area contributed by atoms with Crippen molar-refractivity contribution >= 4 is 16.0 Å². The Morgan fingerprint density at radius 3 is 2.39 bits per heavy atom. The fourth-order valence-electron chi connectivity index (χ4n) is 1.12. The van der Waals surface area contributed by atoms with Gasteiger partial charge < -0.3 is 14.9 Å². The molecule has 0 aliphatic rings. The molecule has 0 saturated heterocycles. The topological polar surface area (TPSA) is 113 Å². The SMILES string of the molecule is O=C(O)COc1ccc(S(=O)(=O)NCCO)cc1. The maximum atomic E-state index is 11.6. The number of aliphatic hydroxyl groups excluding tert-OH is 1. The van der Waals surface area contributed by atoms with E-state index < -0.39 is 22.6 Å². The molecule has 1 rings (SSSR count). The lowest BCUT2D eigenvalue weighted by Crippen LogP contribution is -2.26. The molecule has 100 valence electrons. The van der Waals surface area contributed by atoms with Gasteiger partial charge in [0.25, 0.3) is 0 Å². The van der Waals surface area contributed by atoms with Gasteiger partial charge in [0, 0.05) is 6.54 Å². The van der Waals surface area contributed by atoms with E-state index in [0.717, 1.165) is 0 Å². The minimum atomic E-state index is -3.65. The van der Waals surface area contributed by atoms with Crippen LogP contribution in [-0.2, 0) is 14.8 Å². The number of carbonyl (C=O) groups is 1. The summed E-state index contributed by atoms with van der Waals surface area (Å²) < 4.78 is 30.3. The Kier molecular flexibility index (Phi) is 5.08. The summed E-state index contributed by atoms with van der Waals surface area (Å²) in [6.07, 6.45) is 0. The van der Waals surface area contributed by atoms with Gasteiger partial charge in [-0.2, -0.15) is 0 Å². The molecule has 0 bridgehead atoms. The highest BCUT2D eigenvalue weighted by Gasteiger charge is 2.12. The van der Waals surface area contributed by atoms with Gasteiger partial charge in [-0.15, -0.1) is 0 Å². The van der Waals surface area contributed by atoms with Gasteiger partial charge in [0.15, 0.2) is 6.61 Å². The molecule has 0 saturated carbocycles. The highest BCUT2D eigenvalue weighted by atomic mass is 32.2. The van der Waals surface area contributed by atoms with Crippen molar-refractivity contribution in [2.45, 2.75) is 4.90 Å². The second-order valence-electron chi connectivity index (χ2n) is 3.28. The predicted octanol–water partition coefficient (Wildman–Crippen LogP) is -0.579. The number of ether oxygens (including phenoxy) is 1. The molecule has 0 heterocycles. The van der Waals surface area contributed by atoms with Crippen molar-refractivity contribution in [2.24, 2.45) is 0 Å². The van der Waals surface area contributed by atoms with E-state index in [0.29, 0.717) is 0 Å². The van der Waals surface area contributed by atoms with Crippen molar-refractivity contribution in [3.63, 3.8) is 0 Å². The monoisotopic (exact) mass is 275 g/mol. The zero-order valence-corrected chi connectivity index (χ0v) is 10.2. The lowest BCUT2D eigenvalue weighted by Gasteiger charge is -2.07. The molecule has 0 atom stereocenters. The van der Waals surface area contributed by atoms with Crippen LogP contribution in [0.2, 0.25) is 0 Å². The maximum absolute atomic E-state index is 11.6. The second kappa shape index (κ2) is 6.34. The Morgan fingerprint density at radius 1 is 1.28 bits per heavy atom. The molecule has 0 fully saturated rings. The number of carboxylic acid groups (broad SMARTS) is 1. The first-order valence-electron chi connectivity index (χ1n) is 5.01. The van der Waals surface area contributed by atoms with Gasteiger partial charge in [-0.25, -0.2) is 17.9 Å². The first-order chi connectivity index (χ1) is 8.45. The Labute approximate surface area is 104 Å². The molecule has 0 spiro atoms. The van der Waals surface area contributed by atoms with Crippen LogP contribution < -0.4 is 9.46 Å². The zero-order chi connectivity index (χ0) is 13.6. The van der Waals surface area contributed by atoms with Crippen LogP contribution in [0, 0.1) is 0 Å². The molecular formula is C10H13NO6S. The number of carboxylic acids is 1. The van der Waals surface area contributed by atoms with Crippen LogP contribution in [0.4, 0.5) is 0 Å². The van der Waals surface area contributed by atoms with Gasteiger partial charge in [0.2, 0.25) is 10.0 Å². The van der Waals surface area contributed by atoms with Crippen molar-refractivity contribution in [1.82, 2.24) is 4.72 Å². The van der Waals surface area contributed by atoms with Crippen molar-refractivity contribution in [3.05, 3.63) is 24.3 Å². The molecule has 1 aromatic carbocycles. The minimum Gasteiger partial charge on any atom is -0.482 e. The van der Waals surface area contributed by atoms with Crippen LogP contribution in [0.3, 0.4) is 0 Å². The van der Waals surface area contributed by atoms with E-state index in [-0.39, 0.29) is 23.8 Å². The number of sulfonamides is 1. The van der Waals surface area contributed by atoms with Gasteiger partial charge in [0.1, 0.15) is 5.75 Å². The number of hydrogen-bond donors (Lipinski definition) is 3. The van der Waals surface area contributed by atoms with Gasteiger partial charge in [-0.05, 0) is 24.3 Å². The van der Waals surface area contributed by atoms with Crippen molar-refractivity contribution in [1.29, 1.82) is 0 Å². The Bertz CT molecular complexity index is 496. The summed E-state index contributed by atoms with van der Waals surface area (Å²) in [5.41, 5.74) is 0. The van der Waals surface area contributed by atoms with E-state index in [1.165, 1.54) is 24.3 Å². The molecule has 0 aliphatic carbocycles. The molecule has 8 heteroatoms. The molecule has 7 nitrogen and oxygen atoms in total. The maximum Gasteiger partial charge on any atom is 0.341 e. The first-order valence-corrected chi connectivity index (χ1v) is 6.49. The fourth-order valence-corrected chi connectivity index (χ4v) is 2.14. The zero-order valence-electron chi connectivity index (χ0n) is 9.37. The number of benzene rings is 1. The summed E-state index contributed by atoms with van der Waals surface area (Å²) in [7, 11) is -3.65. The first kappa shape index (κ1) is 14.4. The van der Waals surface area contributed by atoms with Crippen LogP contribution in [0.5, 0.6) is 5.75 Å². The molecule has 0 aliphatic heterocycles. The van der Waals surface area contributed by atoms with Gasteiger partial charge in [-0.3, -0.25) is 0 Å². The third kappa shape index (κ3) is 4.32. The van der Waals surface area contributed by atoms with Crippen LogP contribution in [0.1, 0.15) is 0 Å². The van der Waals surface area contributed by atoms with E-state index in [2.05, 4.69) is 4.72 Å². The summed E-state index contributed by atoms with van der Waals surface area (Å²) in [4.78, 5) is 10.3. The molecule has 0 aromatic heterocycles. The normalized spacial score (nSPS) is 11.2. The van der Waals surface area contributed by atoms with E-state index in [1.807, 2.05) is 0 Å². The van der Waals surface area contributed by atoms with Crippen LogP contribution in [-0.4, -0.2) is 44.4 Å². The van der Waals surface area contributed by atoms with Crippen molar-refractivity contribution in [3.8, 4) is 5.75 Å². The van der Waals surface area contributed by atoms with Crippen molar-refractivity contribution < 1.29 is 28.2 Å². The average Bonchev–Trinajstić information content (AvgIpc) is 2.34. The standard InChI is InChI=1S/C10H13NO6S/c12-6-5-11-18(15,16)9-3-1-8(2-4-9)17-7-10(13)14/h1-4,11-12H,5-7H2,(H,13,14). The molecule has 0 amide bonds. The third-order valence-electron chi connectivity index (χ3n) is 1.90. The number of rotatable bonds is 7. The largest absolute Gasteiger partial charge is 0.482 e. The van der Waals surface area contributed by atoms with Gasteiger partial charge >= 0.3 is 5.97 Å². The molecule has 18 heavy (non-hydrogen) atoms. The van der Waals surface area contributed by atoms with Crippen molar-refractivity contribution in [2.75, 3.05) is 19.8 Å². The Hall–Kier alpha value is -1.64. The smallest absolute Gasteiger partial charge is 0.341 e. The minimum absolute atomic E-state index is 0.0126. The highest BCUT2D eigenvalue weighted by Crippen LogP contribution is 2.15. The van der Waals surface area contributed by atoms with E-state index in [4.69, 9.17) is 14.9 Å². The lowest BCUT2D eigenvalue weighted by atomic mass is 10.3. The number of nitrogens with one attached hydrogen (secondary N) is 1. The van der Waals surface area contributed by atoms with Crippen LogP contribution in [0.25, 0.3) is 0 Å². The van der Waals surface area contributed by atoms with E-state index >= 15 is 0 Å². The molecule has 1 aromatic rings. The Balaban J connectivity index is 2.73. The third-order valence-corrected chi connectivity index (χ3v) is 3.38. The Morgan fingerprint density at radius 2 is 1.89 bits per heavy atom. The summed E-state index contributed by atoms with van der Waals surface area (Å²) in [6.45, 7) is -0.854. The number of aliphatic carboxylic acids is 1. The van der Waals surface area contributed by atoms with E-state index in [9.17, 15) is 13.2 Å².